The van der Waals surface area contributed by atoms with Crippen molar-refractivity contribution >= 4 is 17.6 Å². The molecule has 3 N–H and O–H groups in total. The van der Waals surface area contributed by atoms with Gasteiger partial charge in [0.25, 0.3) is 0 Å². The van der Waals surface area contributed by atoms with Crippen LogP contribution in [0.4, 0.5) is 5.69 Å². The monoisotopic (exact) mass is 250 g/mol. The van der Waals surface area contributed by atoms with Gasteiger partial charge in [0.05, 0.1) is 11.3 Å². The van der Waals surface area contributed by atoms with Gasteiger partial charge in [-0.3, -0.25) is 4.79 Å². The Morgan fingerprint density at radius 1 is 1.28 bits per heavy atom. The van der Waals surface area contributed by atoms with Crippen LogP contribution in [0.25, 0.3) is 0 Å². The first-order valence-corrected chi connectivity index (χ1v) is 5.86. The maximum atomic E-state index is 11.6. The average Bonchev–Trinajstić information content (AvgIpc) is 2.28. The van der Waals surface area contributed by atoms with Gasteiger partial charge in [0.15, 0.2) is 0 Å². The zero-order valence-corrected chi connectivity index (χ0v) is 10.6. The predicted octanol–water partition coefficient (Wildman–Crippen LogP) is 1.71. The smallest absolute Gasteiger partial charge is 0.337 e. The first-order valence-electron chi connectivity index (χ1n) is 5.86. The van der Waals surface area contributed by atoms with Gasteiger partial charge in [0, 0.05) is 19.0 Å². The van der Waals surface area contributed by atoms with Crippen molar-refractivity contribution < 1.29 is 14.7 Å². The number of anilines is 1. The molecule has 1 rings (SSSR count). The van der Waals surface area contributed by atoms with E-state index in [0.717, 1.165) is 0 Å². The minimum Gasteiger partial charge on any atom is -0.478 e. The minimum atomic E-state index is -1.05. The van der Waals surface area contributed by atoms with E-state index in [1.807, 2.05) is 13.8 Å². The molecule has 5 heteroatoms. The number of para-hydroxylation sites is 1. The van der Waals surface area contributed by atoms with Crippen LogP contribution in [0.5, 0.6) is 0 Å². The van der Waals surface area contributed by atoms with Crippen LogP contribution in [0.15, 0.2) is 24.3 Å². The van der Waals surface area contributed by atoms with Gasteiger partial charge in [0.1, 0.15) is 0 Å². The molecule has 0 saturated carbocycles. The number of carbonyl (C=O) groups is 2. The van der Waals surface area contributed by atoms with Crippen molar-refractivity contribution in [1.29, 1.82) is 0 Å². The number of carboxylic acid groups (broad SMARTS) is 1. The molecule has 0 bridgehead atoms. The van der Waals surface area contributed by atoms with Crippen molar-refractivity contribution in [2.45, 2.75) is 26.3 Å². The summed E-state index contributed by atoms with van der Waals surface area (Å²) >= 11 is 0. The van der Waals surface area contributed by atoms with Gasteiger partial charge in [-0.2, -0.15) is 0 Å². The molecule has 0 atom stereocenters. The summed E-state index contributed by atoms with van der Waals surface area (Å²) in [7, 11) is 0. The van der Waals surface area contributed by atoms with Crippen molar-refractivity contribution in [3.05, 3.63) is 29.8 Å². The summed E-state index contributed by atoms with van der Waals surface area (Å²) in [6.45, 7) is 4.56. The van der Waals surface area contributed by atoms with E-state index in [1.165, 1.54) is 6.07 Å². The molecule has 0 heterocycles. The molecule has 98 valence electrons. The third kappa shape index (κ3) is 4.55. The fraction of sp³-hybridized carbons (Fsp3) is 0.385. The zero-order valence-electron chi connectivity index (χ0n) is 10.6. The van der Waals surface area contributed by atoms with Gasteiger partial charge in [-0.15, -0.1) is 0 Å². The standard InChI is InChI=1S/C13H18N2O3/c1-9(2)14-8-7-12(16)15-11-6-4-3-5-10(11)13(17)18/h3-6,9,14H,7-8H2,1-2H3,(H,15,16)(H,17,18). The summed E-state index contributed by atoms with van der Waals surface area (Å²) in [4.78, 5) is 22.6. The number of hydrogen-bond acceptors (Lipinski definition) is 3. The fourth-order valence-electron chi connectivity index (χ4n) is 1.47. The van der Waals surface area contributed by atoms with E-state index < -0.39 is 5.97 Å². The number of aromatic carboxylic acids is 1. The molecule has 5 nitrogen and oxygen atoms in total. The molecule has 0 aliphatic rings. The molecule has 0 aromatic heterocycles. The number of nitrogens with one attached hydrogen (secondary N) is 2. The van der Waals surface area contributed by atoms with Crippen LogP contribution in [-0.2, 0) is 4.79 Å². The van der Waals surface area contributed by atoms with Gasteiger partial charge in [0.2, 0.25) is 5.91 Å². The highest BCUT2D eigenvalue weighted by atomic mass is 16.4. The summed E-state index contributed by atoms with van der Waals surface area (Å²) in [6.07, 6.45) is 0.312. The molecule has 0 spiro atoms. The molecule has 0 radical (unpaired) electrons. The third-order valence-electron chi connectivity index (χ3n) is 2.34. The predicted molar refractivity (Wildman–Crippen MR) is 69.8 cm³/mol. The van der Waals surface area contributed by atoms with Gasteiger partial charge in [-0.05, 0) is 12.1 Å². The maximum Gasteiger partial charge on any atom is 0.337 e. The molecule has 18 heavy (non-hydrogen) atoms. The van der Waals surface area contributed by atoms with Gasteiger partial charge < -0.3 is 15.7 Å². The lowest BCUT2D eigenvalue weighted by Gasteiger charge is -2.10. The second kappa shape index (κ2) is 6.76. The van der Waals surface area contributed by atoms with E-state index in [2.05, 4.69) is 10.6 Å². The van der Waals surface area contributed by atoms with Gasteiger partial charge in [-0.25, -0.2) is 4.79 Å². The maximum absolute atomic E-state index is 11.6. The SMILES string of the molecule is CC(C)NCCC(=O)Nc1ccccc1C(=O)O. The number of benzene rings is 1. The summed E-state index contributed by atoms with van der Waals surface area (Å²) in [5.41, 5.74) is 0.433. The van der Waals surface area contributed by atoms with E-state index in [4.69, 9.17) is 5.11 Å². The van der Waals surface area contributed by atoms with Crippen molar-refractivity contribution in [1.82, 2.24) is 5.32 Å². The lowest BCUT2D eigenvalue weighted by molar-refractivity contribution is -0.116. The van der Waals surface area contributed by atoms with Crippen molar-refractivity contribution in [2.75, 3.05) is 11.9 Å². The summed E-state index contributed by atoms with van der Waals surface area (Å²) in [5.74, 6) is -1.25. The van der Waals surface area contributed by atoms with Crippen LogP contribution in [-0.4, -0.2) is 29.6 Å². The second-order valence-corrected chi connectivity index (χ2v) is 4.26. The Morgan fingerprint density at radius 2 is 1.94 bits per heavy atom. The first kappa shape index (κ1) is 14.2. The molecular weight excluding hydrogens is 232 g/mol. The van der Waals surface area contributed by atoms with Crippen LogP contribution >= 0.6 is 0 Å². The Balaban J connectivity index is 2.56. The number of rotatable bonds is 6. The first-order chi connectivity index (χ1) is 8.50. The molecule has 0 unspecified atom stereocenters. The number of carbonyl (C=O) groups excluding carboxylic acids is 1. The molecule has 1 aromatic rings. The van der Waals surface area contributed by atoms with Gasteiger partial charge in [-0.1, -0.05) is 26.0 Å². The molecule has 0 aliphatic carbocycles. The number of hydrogen-bond donors (Lipinski definition) is 3. The average molecular weight is 250 g/mol. The quantitative estimate of drug-likeness (QED) is 0.718. The number of carboxylic acids is 1. The van der Waals surface area contributed by atoms with Crippen molar-refractivity contribution in [2.24, 2.45) is 0 Å². The molecule has 0 fully saturated rings. The highest BCUT2D eigenvalue weighted by molar-refractivity contribution is 6.00. The van der Waals surface area contributed by atoms with Crippen LogP contribution in [0.3, 0.4) is 0 Å². The Labute approximate surface area is 106 Å². The van der Waals surface area contributed by atoms with E-state index in [-0.39, 0.29) is 11.5 Å². The molecule has 0 aliphatic heterocycles. The van der Waals surface area contributed by atoms with E-state index in [9.17, 15) is 9.59 Å². The summed E-state index contributed by atoms with van der Waals surface area (Å²) in [5, 5.41) is 14.7. The lowest BCUT2D eigenvalue weighted by atomic mass is 10.2. The van der Waals surface area contributed by atoms with Crippen molar-refractivity contribution in [3.8, 4) is 0 Å². The highest BCUT2D eigenvalue weighted by Gasteiger charge is 2.11. The molecule has 0 saturated heterocycles. The fourth-order valence-corrected chi connectivity index (χ4v) is 1.47. The van der Waals surface area contributed by atoms with Gasteiger partial charge >= 0.3 is 5.97 Å². The third-order valence-corrected chi connectivity index (χ3v) is 2.34. The Morgan fingerprint density at radius 3 is 2.56 bits per heavy atom. The van der Waals surface area contributed by atoms with E-state index >= 15 is 0 Å². The van der Waals surface area contributed by atoms with Crippen LogP contribution in [0, 0.1) is 0 Å². The Hall–Kier alpha value is -1.88. The zero-order chi connectivity index (χ0) is 13.5. The van der Waals surface area contributed by atoms with Crippen LogP contribution in [0.1, 0.15) is 30.6 Å². The van der Waals surface area contributed by atoms with Crippen molar-refractivity contribution in [3.63, 3.8) is 0 Å². The van der Waals surface area contributed by atoms with E-state index in [0.29, 0.717) is 24.7 Å². The van der Waals surface area contributed by atoms with Crippen LogP contribution in [0.2, 0.25) is 0 Å². The normalized spacial score (nSPS) is 10.4. The summed E-state index contributed by atoms with van der Waals surface area (Å²) in [6, 6.07) is 6.68. The number of amides is 1. The largest absolute Gasteiger partial charge is 0.478 e. The second-order valence-electron chi connectivity index (χ2n) is 4.26. The Bertz CT molecular complexity index is 430. The molecule has 1 aromatic carbocycles. The lowest BCUT2D eigenvalue weighted by Crippen LogP contribution is -2.27. The highest BCUT2D eigenvalue weighted by Crippen LogP contribution is 2.14. The molecular formula is C13H18N2O3. The van der Waals surface area contributed by atoms with E-state index in [1.54, 1.807) is 18.2 Å². The minimum absolute atomic E-state index is 0.0997. The topological polar surface area (TPSA) is 78.4 Å². The molecule has 1 amide bonds. The van der Waals surface area contributed by atoms with Crippen LogP contribution < -0.4 is 10.6 Å². The Kier molecular flexibility index (Phi) is 5.32. The summed E-state index contributed by atoms with van der Waals surface area (Å²) < 4.78 is 0.